The molecule has 6 nitrogen and oxygen atoms in total. The molecule has 3 rings (SSSR count). The summed E-state index contributed by atoms with van der Waals surface area (Å²) >= 11 is 5.57. The molecule has 0 amide bonds. The number of nitrogens with zero attached hydrogens (tertiary/aromatic N) is 5. The number of aromatic nitrogens is 5. The minimum atomic E-state index is -4.67. The number of aromatic hydroxyl groups is 1. The predicted molar refractivity (Wildman–Crippen MR) is 66.1 cm³/mol. The first kappa shape index (κ1) is 13.6. The van der Waals surface area contributed by atoms with E-state index in [0.29, 0.717) is 0 Å². The average Bonchev–Trinajstić information content (AvgIpc) is 2.83. The summed E-state index contributed by atoms with van der Waals surface area (Å²) in [5.74, 6) is -0.867. The standard InChI is InChI=1S/C11H5ClF3N5O/c12-5-1-7(11(13,14)15)9(16-2-5)20-8-6(3-19-20)10(21)18-4-17-8/h1-4H,(H,17,18,21). The summed E-state index contributed by atoms with van der Waals surface area (Å²) in [6, 6.07) is 0.748. The molecule has 0 aliphatic heterocycles. The molecule has 0 unspecified atom stereocenters. The van der Waals surface area contributed by atoms with Crippen molar-refractivity contribution in [2.45, 2.75) is 6.18 Å². The molecule has 108 valence electrons. The van der Waals surface area contributed by atoms with Gasteiger partial charge in [-0.05, 0) is 6.07 Å². The molecule has 1 N–H and O–H groups in total. The van der Waals surface area contributed by atoms with Crippen LogP contribution in [0.15, 0.2) is 24.8 Å². The van der Waals surface area contributed by atoms with Gasteiger partial charge in [-0.3, -0.25) is 0 Å². The fourth-order valence-electron chi connectivity index (χ4n) is 1.80. The molecule has 3 heterocycles. The molecule has 0 aromatic carbocycles. The molecule has 0 aliphatic rings. The Balaban J connectivity index is 2.31. The third kappa shape index (κ3) is 2.25. The lowest BCUT2D eigenvalue weighted by molar-refractivity contribution is -0.137. The summed E-state index contributed by atoms with van der Waals surface area (Å²) in [6.45, 7) is 0. The van der Waals surface area contributed by atoms with Crippen molar-refractivity contribution in [1.29, 1.82) is 0 Å². The summed E-state index contributed by atoms with van der Waals surface area (Å²) < 4.78 is 40.1. The van der Waals surface area contributed by atoms with E-state index in [-0.39, 0.29) is 21.9 Å². The Morgan fingerprint density at radius 2 is 1.90 bits per heavy atom. The van der Waals surface area contributed by atoms with Gasteiger partial charge in [0.2, 0.25) is 5.88 Å². The van der Waals surface area contributed by atoms with Gasteiger partial charge in [0, 0.05) is 6.20 Å². The molecular formula is C11H5ClF3N5O. The molecule has 0 bridgehead atoms. The third-order valence-electron chi connectivity index (χ3n) is 2.68. The van der Waals surface area contributed by atoms with Crippen molar-refractivity contribution >= 4 is 22.6 Å². The van der Waals surface area contributed by atoms with Gasteiger partial charge in [-0.1, -0.05) is 11.6 Å². The number of rotatable bonds is 1. The second-order valence-electron chi connectivity index (χ2n) is 4.01. The molecule has 0 fully saturated rings. The average molecular weight is 316 g/mol. The highest BCUT2D eigenvalue weighted by Crippen LogP contribution is 2.35. The Hall–Kier alpha value is -2.42. The topological polar surface area (TPSA) is 76.7 Å². The van der Waals surface area contributed by atoms with E-state index in [4.69, 9.17) is 11.6 Å². The van der Waals surface area contributed by atoms with Crippen molar-refractivity contribution in [3.8, 4) is 11.7 Å². The van der Waals surface area contributed by atoms with E-state index in [2.05, 4.69) is 20.1 Å². The molecule has 0 spiro atoms. The van der Waals surface area contributed by atoms with Crippen molar-refractivity contribution < 1.29 is 18.3 Å². The number of alkyl halides is 3. The summed E-state index contributed by atoms with van der Waals surface area (Å²) in [7, 11) is 0. The van der Waals surface area contributed by atoms with Crippen LogP contribution < -0.4 is 0 Å². The van der Waals surface area contributed by atoms with Crippen molar-refractivity contribution in [2.75, 3.05) is 0 Å². The maximum absolute atomic E-state index is 13.1. The van der Waals surface area contributed by atoms with Crippen LogP contribution in [0.1, 0.15) is 5.56 Å². The van der Waals surface area contributed by atoms with Gasteiger partial charge in [0.25, 0.3) is 0 Å². The van der Waals surface area contributed by atoms with Crippen LogP contribution in [0.3, 0.4) is 0 Å². The highest BCUT2D eigenvalue weighted by atomic mass is 35.5. The smallest absolute Gasteiger partial charge is 0.420 e. The zero-order chi connectivity index (χ0) is 15.2. The van der Waals surface area contributed by atoms with E-state index in [1.807, 2.05) is 0 Å². The van der Waals surface area contributed by atoms with Crippen LogP contribution in [-0.4, -0.2) is 29.8 Å². The molecule has 0 radical (unpaired) electrons. The Morgan fingerprint density at radius 1 is 1.14 bits per heavy atom. The van der Waals surface area contributed by atoms with Crippen molar-refractivity contribution in [1.82, 2.24) is 24.7 Å². The van der Waals surface area contributed by atoms with E-state index in [1.54, 1.807) is 0 Å². The van der Waals surface area contributed by atoms with Crippen LogP contribution in [-0.2, 0) is 6.18 Å². The maximum Gasteiger partial charge on any atom is 0.420 e. The quantitative estimate of drug-likeness (QED) is 0.747. The Labute approximate surface area is 119 Å². The number of halogens is 4. The molecule has 3 aromatic heterocycles. The number of fused-ring (bicyclic) bond motifs is 1. The molecule has 3 aromatic rings. The predicted octanol–water partition coefficient (Wildman–Crippen LogP) is 2.59. The zero-order valence-corrected chi connectivity index (χ0v) is 10.8. The van der Waals surface area contributed by atoms with Crippen molar-refractivity contribution in [2.24, 2.45) is 0 Å². The van der Waals surface area contributed by atoms with Gasteiger partial charge in [-0.25, -0.2) is 15.0 Å². The molecule has 0 atom stereocenters. The van der Waals surface area contributed by atoms with E-state index in [0.717, 1.165) is 29.5 Å². The molecule has 10 heteroatoms. The van der Waals surface area contributed by atoms with Gasteiger partial charge in [-0.2, -0.15) is 23.0 Å². The normalized spacial score (nSPS) is 12.0. The summed E-state index contributed by atoms with van der Waals surface area (Å²) in [6.07, 6.45) is -1.43. The van der Waals surface area contributed by atoms with Crippen LogP contribution in [0.25, 0.3) is 16.9 Å². The van der Waals surface area contributed by atoms with Crippen LogP contribution in [0.2, 0.25) is 5.02 Å². The number of hydrogen-bond donors (Lipinski definition) is 1. The second kappa shape index (κ2) is 4.55. The van der Waals surface area contributed by atoms with Crippen molar-refractivity contribution in [3.63, 3.8) is 0 Å². The van der Waals surface area contributed by atoms with Crippen LogP contribution in [0.5, 0.6) is 5.88 Å². The fourth-order valence-corrected chi connectivity index (χ4v) is 1.95. The lowest BCUT2D eigenvalue weighted by atomic mass is 10.2. The van der Waals surface area contributed by atoms with Gasteiger partial charge >= 0.3 is 6.18 Å². The SMILES string of the molecule is Oc1ncnc2c1cnn2-c1ncc(Cl)cc1C(F)(F)F. The highest BCUT2D eigenvalue weighted by molar-refractivity contribution is 6.30. The van der Waals surface area contributed by atoms with Crippen molar-refractivity contribution in [3.05, 3.63) is 35.4 Å². The second-order valence-corrected chi connectivity index (χ2v) is 4.45. The van der Waals surface area contributed by atoms with E-state index in [1.165, 1.54) is 0 Å². The van der Waals surface area contributed by atoms with Gasteiger partial charge in [0.15, 0.2) is 11.5 Å². The molecule has 0 aliphatic carbocycles. The molecule has 0 saturated carbocycles. The first-order valence-electron chi connectivity index (χ1n) is 5.49. The summed E-state index contributed by atoms with van der Waals surface area (Å²) in [5, 5.41) is 13.3. The Morgan fingerprint density at radius 3 is 2.62 bits per heavy atom. The van der Waals surface area contributed by atoms with Gasteiger partial charge in [-0.15, -0.1) is 0 Å². The fraction of sp³-hybridized carbons (Fsp3) is 0.0909. The van der Waals surface area contributed by atoms with Crippen LogP contribution in [0, 0.1) is 0 Å². The zero-order valence-electron chi connectivity index (χ0n) is 10.0. The lowest BCUT2D eigenvalue weighted by Gasteiger charge is -2.12. The van der Waals surface area contributed by atoms with Gasteiger partial charge < -0.3 is 5.11 Å². The Kier molecular flexibility index (Phi) is 2.94. The highest BCUT2D eigenvalue weighted by Gasteiger charge is 2.36. The molecular weight excluding hydrogens is 311 g/mol. The third-order valence-corrected chi connectivity index (χ3v) is 2.89. The van der Waals surface area contributed by atoms with Crippen LogP contribution in [0.4, 0.5) is 13.2 Å². The number of hydrogen-bond acceptors (Lipinski definition) is 5. The van der Waals surface area contributed by atoms with E-state index < -0.39 is 17.6 Å². The van der Waals surface area contributed by atoms with Gasteiger partial charge in [0.05, 0.1) is 11.2 Å². The maximum atomic E-state index is 13.1. The first-order chi connectivity index (χ1) is 9.88. The minimum absolute atomic E-state index is 0.00261. The van der Waals surface area contributed by atoms with Crippen LogP contribution >= 0.6 is 11.6 Å². The van der Waals surface area contributed by atoms with E-state index >= 15 is 0 Å². The molecule has 21 heavy (non-hydrogen) atoms. The minimum Gasteiger partial charge on any atom is -0.493 e. The summed E-state index contributed by atoms with van der Waals surface area (Å²) in [4.78, 5) is 11.0. The molecule has 0 saturated heterocycles. The van der Waals surface area contributed by atoms with E-state index in [9.17, 15) is 18.3 Å². The Bertz CT molecular complexity index is 832. The summed E-state index contributed by atoms with van der Waals surface area (Å²) in [5.41, 5.74) is -1.05. The van der Waals surface area contributed by atoms with Gasteiger partial charge in [0.1, 0.15) is 17.3 Å². The monoisotopic (exact) mass is 315 g/mol. The lowest BCUT2D eigenvalue weighted by Crippen LogP contribution is -2.13. The first-order valence-corrected chi connectivity index (χ1v) is 5.86. The number of pyridine rings is 1. The largest absolute Gasteiger partial charge is 0.493 e.